The largest absolute Gasteiger partial charge is 0.756 e. The number of phosphoric ester groups is 1. The minimum atomic E-state index is -4.60. The molecular weight excluding hydrogens is 707 g/mol. The van der Waals surface area contributed by atoms with Crippen molar-refractivity contribution in [2.45, 2.75) is 199 Å². The summed E-state index contributed by atoms with van der Waals surface area (Å²) in [5.41, 5.74) is 0. The van der Waals surface area contributed by atoms with E-state index < -0.39 is 26.6 Å². The second-order valence-corrected chi connectivity index (χ2v) is 17.8. The van der Waals surface area contributed by atoms with Gasteiger partial charge < -0.3 is 28.8 Å². The third-order valence-corrected chi connectivity index (χ3v) is 10.7. The first kappa shape index (κ1) is 53.5. The Morgan fingerprint density at radius 2 is 1.09 bits per heavy atom. The number of amides is 1. The number of likely N-dealkylation sites (N-methyl/N-ethyl adjacent to an activating group) is 1. The third-order valence-electron chi connectivity index (χ3n) is 9.76. The Hall–Kier alpha value is -1.54. The second-order valence-electron chi connectivity index (χ2n) is 16.4. The van der Waals surface area contributed by atoms with Crippen molar-refractivity contribution in [3.8, 4) is 0 Å². The van der Waals surface area contributed by atoms with Crippen LogP contribution in [0.5, 0.6) is 0 Å². The molecule has 0 aromatic heterocycles. The van der Waals surface area contributed by atoms with Gasteiger partial charge in [0.05, 0.1) is 39.9 Å². The Bertz CT molecular complexity index is 1040. The van der Waals surface area contributed by atoms with Crippen LogP contribution in [-0.2, 0) is 18.4 Å². The molecule has 3 unspecified atom stereocenters. The highest BCUT2D eigenvalue weighted by Crippen LogP contribution is 2.38. The zero-order valence-electron chi connectivity index (χ0n) is 36.4. The first-order valence-electron chi connectivity index (χ1n) is 22.5. The lowest BCUT2D eigenvalue weighted by Gasteiger charge is -2.29. The van der Waals surface area contributed by atoms with Gasteiger partial charge in [0.25, 0.3) is 7.82 Å². The quantitative estimate of drug-likeness (QED) is 0.0277. The molecular formula is C46H87N2O6P. The van der Waals surface area contributed by atoms with E-state index in [2.05, 4.69) is 55.6 Å². The molecule has 1 amide bonds. The number of hydrogen-bond acceptors (Lipinski definition) is 6. The molecule has 0 fully saturated rings. The fourth-order valence-electron chi connectivity index (χ4n) is 6.12. The first-order chi connectivity index (χ1) is 26.5. The van der Waals surface area contributed by atoms with Gasteiger partial charge in [-0.1, -0.05) is 172 Å². The molecule has 3 atom stereocenters. The van der Waals surface area contributed by atoms with Crippen LogP contribution >= 0.6 is 7.82 Å². The first-order valence-corrected chi connectivity index (χ1v) is 24.0. The Morgan fingerprint density at radius 3 is 1.64 bits per heavy atom. The highest BCUT2D eigenvalue weighted by molar-refractivity contribution is 7.45. The molecule has 0 saturated heterocycles. The van der Waals surface area contributed by atoms with Crippen molar-refractivity contribution in [3.05, 3.63) is 48.6 Å². The van der Waals surface area contributed by atoms with E-state index in [9.17, 15) is 19.4 Å². The number of carbonyl (C=O) groups is 1. The van der Waals surface area contributed by atoms with Crippen molar-refractivity contribution in [2.24, 2.45) is 0 Å². The summed E-state index contributed by atoms with van der Waals surface area (Å²) in [5.74, 6) is -0.223. The number of carbonyl (C=O) groups excluding carboxylic acids is 1. The van der Waals surface area contributed by atoms with Crippen LogP contribution in [0.1, 0.15) is 187 Å². The molecule has 0 rings (SSSR count). The van der Waals surface area contributed by atoms with E-state index in [1.165, 1.54) is 103 Å². The molecule has 0 spiro atoms. The molecule has 0 aliphatic rings. The van der Waals surface area contributed by atoms with Gasteiger partial charge in [-0.2, -0.15) is 0 Å². The van der Waals surface area contributed by atoms with Crippen molar-refractivity contribution in [2.75, 3.05) is 40.9 Å². The van der Waals surface area contributed by atoms with E-state index in [1.807, 2.05) is 27.2 Å². The average molecular weight is 795 g/mol. The second kappa shape index (κ2) is 38.0. The fraction of sp³-hybridized carbons (Fsp3) is 0.804. The number of nitrogens with zero attached hydrogens (tertiary/aromatic N) is 1. The van der Waals surface area contributed by atoms with Crippen LogP contribution < -0.4 is 10.2 Å². The predicted octanol–water partition coefficient (Wildman–Crippen LogP) is 11.8. The number of unbranched alkanes of at least 4 members (excludes halogenated alkanes) is 21. The average Bonchev–Trinajstić information content (AvgIpc) is 3.13. The van der Waals surface area contributed by atoms with Crippen LogP contribution in [-0.4, -0.2) is 68.5 Å². The zero-order chi connectivity index (χ0) is 40.7. The van der Waals surface area contributed by atoms with Crippen molar-refractivity contribution in [1.29, 1.82) is 0 Å². The lowest BCUT2D eigenvalue weighted by molar-refractivity contribution is -0.870. The number of aliphatic hydroxyl groups is 1. The highest BCUT2D eigenvalue weighted by Gasteiger charge is 2.23. The zero-order valence-corrected chi connectivity index (χ0v) is 37.3. The number of nitrogens with one attached hydrogen (secondary N) is 1. The number of quaternary nitrogens is 1. The molecule has 322 valence electrons. The van der Waals surface area contributed by atoms with Gasteiger partial charge in [0.2, 0.25) is 5.91 Å². The van der Waals surface area contributed by atoms with Crippen LogP contribution in [0.15, 0.2) is 48.6 Å². The van der Waals surface area contributed by atoms with Gasteiger partial charge >= 0.3 is 0 Å². The van der Waals surface area contributed by atoms with Gasteiger partial charge in [0.1, 0.15) is 13.2 Å². The van der Waals surface area contributed by atoms with Crippen molar-refractivity contribution < 1.29 is 32.9 Å². The molecule has 0 aromatic rings. The summed E-state index contributed by atoms with van der Waals surface area (Å²) in [6.07, 6.45) is 47.3. The molecule has 8 nitrogen and oxygen atoms in total. The van der Waals surface area contributed by atoms with Gasteiger partial charge in [0, 0.05) is 6.42 Å². The molecule has 0 aliphatic heterocycles. The molecule has 9 heteroatoms. The standard InChI is InChI=1S/C46H87N2O6P/c1-6-8-10-12-14-16-18-20-22-23-24-25-26-27-29-31-33-35-37-39-45(49)44(43-54-55(51,52)53-42-41-48(3,4)5)47-46(50)40-38-36-34-32-30-28-21-19-17-15-13-11-9-7-2/h13,15,19,21,29,31,37,39,44-45,49H,6-12,14,16-18,20,22-28,30,32-36,38,40-43H2,1-5H3,(H-,47,50,51,52)/b15-13-,21-19-,31-29+,39-37+. The van der Waals surface area contributed by atoms with Gasteiger partial charge in [-0.3, -0.25) is 9.36 Å². The van der Waals surface area contributed by atoms with Crippen LogP contribution in [0.2, 0.25) is 0 Å². The summed E-state index contributed by atoms with van der Waals surface area (Å²) in [5, 5.41) is 13.7. The lowest BCUT2D eigenvalue weighted by atomic mass is 10.0. The van der Waals surface area contributed by atoms with Crippen LogP contribution in [0, 0.1) is 0 Å². The maximum Gasteiger partial charge on any atom is 0.268 e. The predicted molar refractivity (Wildman–Crippen MR) is 233 cm³/mol. The van der Waals surface area contributed by atoms with E-state index in [1.54, 1.807) is 6.08 Å². The summed E-state index contributed by atoms with van der Waals surface area (Å²) in [4.78, 5) is 25.3. The summed E-state index contributed by atoms with van der Waals surface area (Å²) >= 11 is 0. The summed E-state index contributed by atoms with van der Waals surface area (Å²) in [7, 11) is 1.23. The topological polar surface area (TPSA) is 108 Å². The highest BCUT2D eigenvalue weighted by atomic mass is 31.2. The van der Waals surface area contributed by atoms with Crippen LogP contribution in [0.3, 0.4) is 0 Å². The Morgan fingerprint density at radius 1 is 0.636 bits per heavy atom. The molecule has 0 radical (unpaired) electrons. The van der Waals surface area contributed by atoms with E-state index >= 15 is 0 Å². The molecule has 0 bridgehead atoms. The van der Waals surface area contributed by atoms with Gasteiger partial charge in [-0.15, -0.1) is 0 Å². The van der Waals surface area contributed by atoms with Crippen LogP contribution in [0.4, 0.5) is 0 Å². The van der Waals surface area contributed by atoms with Gasteiger partial charge in [-0.05, 0) is 57.8 Å². The number of allylic oxidation sites excluding steroid dienone is 7. The molecule has 0 saturated carbocycles. The van der Waals surface area contributed by atoms with Crippen molar-refractivity contribution in [3.63, 3.8) is 0 Å². The normalized spacial score (nSPS) is 14.8. The molecule has 0 aromatic carbocycles. The Balaban J connectivity index is 4.49. The number of phosphoric acid groups is 1. The molecule has 0 aliphatic carbocycles. The van der Waals surface area contributed by atoms with Gasteiger partial charge in [-0.25, -0.2) is 0 Å². The van der Waals surface area contributed by atoms with E-state index in [0.29, 0.717) is 17.4 Å². The maximum atomic E-state index is 12.8. The maximum absolute atomic E-state index is 12.8. The van der Waals surface area contributed by atoms with Crippen LogP contribution in [0.25, 0.3) is 0 Å². The number of hydrogen-bond donors (Lipinski definition) is 2. The molecule has 55 heavy (non-hydrogen) atoms. The lowest BCUT2D eigenvalue weighted by Crippen LogP contribution is -2.45. The summed E-state index contributed by atoms with van der Waals surface area (Å²) < 4.78 is 23.2. The molecule has 0 heterocycles. The third kappa shape index (κ3) is 40.5. The fourth-order valence-corrected chi connectivity index (χ4v) is 6.85. The minimum Gasteiger partial charge on any atom is -0.756 e. The Kier molecular flexibility index (Phi) is 36.9. The smallest absolute Gasteiger partial charge is 0.268 e. The van der Waals surface area contributed by atoms with Crippen molar-refractivity contribution in [1.82, 2.24) is 5.32 Å². The molecule has 2 N–H and O–H groups in total. The summed E-state index contributed by atoms with van der Waals surface area (Å²) in [6, 6.07) is -0.910. The Labute approximate surface area is 339 Å². The van der Waals surface area contributed by atoms with Gasteiger partial charge in [0.15, 0.2) is 0 Å². The van der Waals surface area contributed by atoms with E-state index in [-0.39, 0.29) is 12.5 Å². The van der Waals surface area contributed by atoms with Crippen molar-refractivity contribution >= 4 is 13.7 Å². The minimum absolute atomic E-state index is 0.0105. The SMILES string of the molecule is CCCC/C=C\C/C=C\CCCCCCCC(=O)NC(COP(=O)([O-])OCC[N+](C)(C)C)C(O)/C=C/CC/C=C/CCCCCCCCCCCCCCC. The monoisotopic (exact) mass is 795 g/mol. The van der Waals surface area contributed by atoms with E-state index in [0.717, 1.165) is 64.2 Å². The van der Waals surface area contributed by atoms with E-state index in [4.69, 9.17) is 9.05 Å². The number of aliphatic hydroxyl groups excluding tert-OH is 1. The number of rotatable bonds is 40. The summed E-state index contributed by atoms with van der Waals surface area (Å²) in [6.45, 7) is 4.56.